The van der Waals surface area contributed by atoms with Crippen molar-refractivity contribution in [1.29, 1.82) is 0 Å². The van der Waals surface area contributed by atoms with E-state index in [9.17, 15) is 18.4 Å². The Balaban J connectivity index is 1.81. The first-order chi connectivity index (χ1) is 18.2. The Morgan fingerprint density at radius 2 is 1.85 bits per heavy atom. The van der Waals surface area contributed by atoms with Gasteiger partial charge in [-0.25, -0.2) is 4.79 Å². The number of ether oxygens (including phenoxy) is 2. The smallest absolute Gasteiger partial charge is 0.396 e. The van der Waals surface area contributed by atoms with Crippen molar-refractivity contribution in [1.82, 2.24) is 0 Å². The van der Waals surface area contributed by atoms with Crippen molar-refractivity contribution in [3.63, 3.8) is 0 Å². The van der Waals surface area contributed by atoms with Gasteiger partial charge in [0.1, 0.15) is 22.8 Å². The fourth-order valence-corrected chi connectivity index (χ4v) is 5.70. The third kappa shape index (κ3) is 5.66. The Bertz CT molecular complexity index is 1480. The molecule has 0 bridgehead atoms. The van der Waals surface area contributed by atoms with Gasteiger partial charge in [-0.2, -0.15) is 0 Å². The van der Waals surface area contributed by atoms with Gasteiger partial charge in [0.2, 0.25) is 0 Å². The SMILES string of the molecule is COc1cc(O[S+](=O)(O)C(C)C)ccc1-c1ccc2c(c1COC(=O)c1ccc(C)s1)N(C)C(=O)C(C)(C)N2. The van der Waals surface area contributed by atoms with Crippen LogP contribution in [0.4, 0.5) is 11.4 Å². The first-order valence-corrected chi connectivity index (χ1v) is 14.7. The number of esters is 1. The molecule has 9 nitrogen and oxygen atoms in total. The molecule has 1 aromatic heterocycles. The number of thiophene rings is 1. The minimum absolute atomic E-state index is 0.104. The zero-order valence-electron chi connectivity index (χ0n) is 23.0. The van der Waals surface area contributed by atoms with Crippen molar-refractivity contribution < 1.29 is 32.0 Å². The van der Waals surface area contributed by atoms with Crippen LogP contribution in [0.25, 0.3) is 11.1 Å². The standard InChI is InChI=1S/C28H32N2O7S2/c1-16(2)39(33,34)37-18-9-10-20(23(14-18)35-7)19-11-12-22-25(30(6)27(32)28(4,5)29-22)21(19)15-36-26(31)24-13-8-17(3)38-24/h8-14,16,29H,15H2,1-7H3/p+1. The van der Waals surface area contributed by atoms with E-state index in [0.29, 0.717) is 33.0 Å². The van der Waals surface area contributed by atoms with Gasteiger partial charge in [-0.3, -0.25) is 8.98 Å². The van der Waals surface area contributed by atoms with Gasteiger partial charge < -0.3 is 19.7 Å². The van der Waals surface area contributed by atoms with E-state index in [1.165, 1.54) is 24.5 Å². The van der Waals surface area contributed by atoms with Crippen LogP contribution in [0, 0.1) is 6.92 Å². The van der Waals surface area contributed by atoms with Gasteiger partial charge in [-0.1, -0.05) is 6.07 Å². The van der Waals surface area contributed by atoms with E-state index in [2.05, 4.69) is 5.32 Å². The molecule has 11 heteroatoms. The molecule has 0 radical (unpaired) electrons. The third-order valence-electron chi connectivity index (χ3n) is 6.47. The van der Waals surface area contributed by atoms with Crippen molar-refractivity contribution in [2.75, 3.05) is 24.4 Å². The predicted octanol–water partition coefficient (Wildman–Crippen LogP) is 5.93. The number of anilines is 2. The van der Waals surface area contributed by atoms with E-state index < -0.39 is 27.3 Å². The molecule has 1 aliphatic heterocycles. The van der Waals surface area contributed by atoms with Gasteiger partial charge >= 0.3 is 16.5 Å². The molecule has 1 aliphatic rings. The average Bonchev–Trinajstić information content (AvgIpc) is 3.31. The van der Waals surface area contributed by atoms with Crippen molar-refractivity contribution in [3.05, 3.63) is 57.8 Å². The lowest BCUT2D eigenvalue weighted by molar-refractivity contribution is -0.121. The maximum atomic E-state index is 13.2. The van der Waals surface area contributed by atoms with E-state index in [1.54, 1.807) is 57.8 Å². The topological polar surface area (TPSA) is 114 Å². The molecule has 2 aromatic carbocycles. The first-order valence-electron chi connectivity index (χ1n) is 12.3. The number of methoxy groups -OCH3 is 1. The average molecular weight is 574 g/mol. The van der Waals surface area contributed by atoms with Crippen LogP contribution in [-0.4, -0.2) is 41.4 Å². The number of nitrogens with one attached hydrogen (secondary N) is 1. The normalized spacial score (nSPS) is 15.8. The summed E-state index contributed by atoms with van der Waals surface area (Å²) in [6.07, 6.45) is 0. The molecule has 3 aromatic rings. The second kappa shape index (κ2) is 10.6. The van der Waals surface area contributed by atoms with Crippen LogP contribution in [-0.2, 0) is 30.8 Å². The highest BCUT2D eigenvalue weighted by Gasteiger charge is 2.39. The molecule has 0 aliphatic carbocycles. The van der Waals surface area contributed by atoms with E-state index in [4.69, 9.17) is 13.7 Å². The molecule has 1 amide bonds. The molecule has 0 fully saturated rings. The summed E-state index contributed by atoms with van der Waals surface area (Å²) in [6.45, 7) is 8.61. The molecule has 208 valence electrons. The van der Waals surface area contributed by atoms with Gasteiger partial charge in [0.05, 0.1) is 18.5 Å². The van der Waals surface area contributed by atoms with E-state index in [-0.39, 0.29) is 18.3 Å². The minimum Gasteiger partial charge on any atom is -0.496 e. The van der Waals surface area contributed by atoms with Crippen molar-refractivity contribution in [3.8, 4) is 22.6 Å². The zero-order chi connectivity index (χ0) is 28.7. The Morgan fingerprint density at radius 3 is 2.46 bits per heavy atom. The summed E-state index contributed by atoms with van der Waals surface area (Å²) >= 11 is 1.35. The van der Waals surface area contributed by atoms with Crippen molar-refractivity contribution in [2.45, 2.75) is 52.0 Å². The predicted molar refractivity (Wildman–Crippen MR) is 154 cm³/mol. The highest BCUT2D eigenvalue weighted by molar-refractivity contribution is 7.94. The van der Waals surface area contributed by atoms with Crippen LogP contribution in [0.2, 0.25) is 0 Å². The summed E-state index contributed by atoms with van der Waals surface area (Å²) < 4.78 is 39.3. The van der Waals surface area contributed by atoms with Gasteiger partial charge in [0.15, 0.2) is 11.0 Å². The van der Waals surface area contributed by atoms with Gasteiger partial charge in [0.25, 0.3) is 5.91 Å². The molecule has 0 saturated carbocycles. The number of likely N-dealkylation sites (N-methyl/N-ethyl adjacent to an activating group) is 1. The molecule has 2 N–H and O–H groups in total. The largest absolute Gasteiger partial charge is 0.496 e. The Morgan fingerprint density at radius 1 is 1.15 bits per heavy atom. The maximum Gasteiger partial charge on any atom is 0.396 e. The monoisotopic (exact) mass is 573 g/mol. The molecule has 1 atom stereocenters. The highest BCUT2D eigenvalue weighted by atomic mass is 32.3. The Labute approximate surface area is 233 Å². The summed E-state index contributed by atoms with van der Waals surface area (Å²) in [6, 6.07) is 12.1. The molecule has 39 heavy (non-hydrogen) atoms. The van der Waals surface area contributed by atoms with Crippen LogP contribution in [0.3, 0.4) is 0 Å². The summed E-state index contributed by atoms with van der Waals surface area (Å²) in [7, 11) is -0.377. The molecule has 0 spiro atoms. The number of aryl methyl sites for hydroxylation is 1. The number of benzene rings is 2. The lowest BCUT2D eigenvalue weighted by atomic mass is 9.92. The number of amides is 1. The summed E-state index contributed by atoms with van der Waals surface area (Å²) in [5, 5.41) is 2.68. The lowest BCUT2D eigenvalue weighted by Crippen LogP contribution is -2.52. The third-order valence-corrected chi connectivity index (χ3v) is 9.07. The lowest BCUT2D eigenvalue weighted by Gasteiger charge is -2.39. The van der Waals surface area contributed by atoms with Crippen LogP contribution >= 0.6 is 11.3 Å². The van der Waals surface area contributed by atoms with Gasteiger partial charge in [-0.05, 0) is 74.7 Å². The quantitative estimate of drug-likeness (QED) is 0.252. The second-order valence-corrected chi connectivity index (χ2v) is 13.5. The minimum atomic E-state index is -3.56. The fraction of sp³-hybridized carbons (Fsp3) is 0.357. The maximum absolute atomic E-state index is 13.2. The van der Waals surface area contributed by atoms with Gasteiger partial charge in [0, 0.05) is 29.1 Å². The molecule has 4 rings (SSSR count). The van der Waals surface area contributed by atoms with Crippen molar-refractivity contribution in [2.24, 2.45) is 0 Å². The highest BCUT2D eigenvalue weighted by Crippen LogP contribution is 2.45. The molecular weight excluding hydrogens is 540 g/mol. The van der Waals surface area contributed by atoms with E-state index >= 15 is 0 Å². The van der Waals surface area contributed by atoms with Crippen LogP contribution in [0.15, 0.2) is 42.5 Å². The molecule has 1 unspecified atom stereocenters. The molecule has 2 heterocycles. The number of nitrogens with zero attached hydrogens (tertiary/aromatic N) is 1. The summed E-state index contributed by atoms with van der Waals surface area (Å²) in [5.41, 5.74) is 2.39. The van der Waals surface area contributed by atoms with Crippen molar-refractivity contribution >= 4 is 45.1 Å². The fourth-order valence-electron chi connectivity index (χ4n) is 4.36. The van der Waals surface area contributed by atoms with Gasteiger partial charge in [-0.15, -0.1) is 15.9 Å². The Hall–Kier alpha value is -3.41. The van der Waals surface area contributed by atoms with E-state index in [0.717, 1.165) is 10.6 Å². The number of rotatable bonds is 8. The molecule has 0 saturated heterocycles. The number of carbonyl (C=O) groups is 2. The zero-order valence-corrected chi connectivity index (χ0v) is 24.6. The van der Waals surface area contributed by atoms with Crippen LogP contribution in [0.1, 0.15) is 47.8 Å². The first kappa shape index (κ1) is 28.6. The van der Waals surface area contributed by atoms with Crippen LogP contribution in [0.5, 0.6) is 11.5 Å². The summed E-state index contributed by atoms with van der Waals surface area (Å²) in [4.78, 5) is 29.1. The number of carbonyl (C=O) groups excluding carboxylic acids is 2. The van der Waals surface area contributed by atoms with E-state index in [1.807, 2.05) is 25.1 Å². The summed E-state index contributed by atoms with van der Waals surface area (Å²) in [5.74, 6) is -0.0509. The number of fused-ring (bicyclic) bond motifs is 1. The van der Waals surface area contributed by atoms with Crippen LogP contribution < -0.4 is 19.1 Å². The molecular formula is C28H33N2O7S2+. The number of hydrogen-bond donors (Lipinski definition) is 2. The second-order valence-electron chi connectivity index (χ2n) is 10.1. The Kier molecular flexibility index (Phi) is 7.79. The number of hydrogen-bond acceptors (Lipinski definition) is 8.